The van der Waals surface area contributed by atoms with Gasteiger partial charge >= 0.3 is 5.69 Å². The summed E-state index contributed by atoms with van der Waals surface area (Å²) in [7, 11) is 2.91. The van der Waals surface area contributed by atoms with E-state index in [9.17, 15) is 10.1 Å². The van der Waals surface area contributed by atoms with Crippen molar-refractivity contribution in [1.29, 1.82) is 0 Å². The summed E-state index contributed by atoms with van der Waals surface area (Å²) in [4.78, 5) is 10.7. The number of hydrogen-bond acceptors (Lipinski definition) is 4. The number of nitro benzene ring substituents is 1. The number of methoxy groups -OCH3 is 2. The first-order chi connectivity index (χ1) is 10.0. The van der Waals surface area contributed by atoms with Crippen LogP contribution in [0.25, 0.3) is 0 Å². The van der Waals surface area contributed by atoms with Gasteiger partial charge in [0.25, 0.3) is 0 Å². The molecule has 0 unspecified atom stereocenters. The van der Waals surface area contributed by atoms with E-state index in [2.05, 4.69) is 15.9 Å². The van der Waals surface area contributed by atoms with E-state index in [1.54, 1.807) is 6.07 Å². The number of nitrogens with zero attached hydrogens (tertiary/aromatic N) is 1. The van der Waals surface area contributed by atoms with Gasteiger partial charge in [0.15, 0.2) is 0 Å². The van der Waals surface area contributed by atoms with Gasteiger partial charge in [-0.05, 0) is 23.8 Å². The molecule has 110 valence electrons. The standard InChI is InChI=1S/C15H14BrNO4/c1-20-13-8-11(7-10-3-5-12(16)6-4-10)15(21-2)14(9-13)17(18)19/h3-6,8-9H,7H2,1-2H3. The molecule has 0 aliphatic heterocycles. The molecule has 2 rings (SSSR count). The molecule has 0 radical (unpaired) electrons. The van der Waals surface area contributed by atoms with E-state index in [0.717, 1.165) is 10.0 Å². The van der Waals surface area contributed by atoms with Crippen molar-refractivity contribution in [3.05, 3.63) is 62.1 Å². The van der Waals surface area contributed by atoms with E-state index in [1.807, 2.05) is 24.3 Å². The van der Waals surface area contributed by atoms with Crippen LogP contribution in [0.15, 0.2) is 40.9 Å². The first-order valence-corrected chi connectivity index (χ1v) is 6.98. The molecule has 21 heavy (non-hydrogen) atoms. The van der Waals surface area contributed by atoms with Crippen molar-refractivity contribution in [1.82, 2.24) is 0 Å². The maximum Gasteiger partial charge on any atom is 0.314 e. The van der Waals surface area contributed by atoms with Crippen LogP contribution in [0.5, 0.6) is 11.5 Å². The van der Waals surface area contributed by atoms with Gasteiger partial charge < -0.3 is 9.47 Å². The van der Waals surface area contributed by atoms with Gasteiger partial charge in [-0.1, -0.05) is 28.1 Å². The van der Waals surface area contributed by atoms with E-state index in [4.69, 9.17) is 9.47 Å². The minimum Gasteiger partial charge on any atom is -0.496 e. The van der Waals surface area contributed by atoms with Crippen molar-refractivity contribution >= 4 is 21.6 Å². The molecule has 0 saturated heterocycles. The molecule has 0 aliphatic rings. The average Bonchev–Trinajstić information content (AvgIpc) is 2.48. The molecule has 6 heteroatoms. The zero-order chi connectivity index (χ0) is 15.4. The molecular weight excluding hydrogens is 338 g/mol. The second-order valence-electron chi connectivity index (χ2n) is 4.40. The van der Waals surface area contributed by atoms with Crippen LogP contribution in [0.1, 0.15) is 11.1 Å². The first kappa shape index (κ1) is 15.3. The topological polar surface area (TPSA) is 61.6 Å². The molecule has 2 aromatic carbocycles. The van der Waals surface area contributed by atoms with E-state index < -0.39 is 4.92 Å². The van der Waals surface area contributed by atoms with Gasteiger partial charge in [0, 0.05) is 16.5 Å². The smallest absolute Gasteiger partial charge is 0.314 e. The van der Waals surface area contributed by atoms with Gasteiger partial charge in [-0.15, -0.1) is 0 Å². The Morgan fingerprint density at radius 1 is 1.14 bits per heavy atom. The summed E-state index contributed by atoms with van der Waals surface area (Å²) >= 11 is 3.38. The number of halogens is 1. The van der Waals surface area contributed by atoms with Gasteiger partial charge in [-0.25, -0.2) is 0 Å². The third kappa shape index (κ3) is 3.52. The van der Waals surface area contributed by atoms with E-state index in [1.165, 1.54) is 20.3 Å². The van der Waals surface area contributed by atoms with Crippen molar-refractivity contribution in [2.24, 2.45) is 0 Å². The molecule has 0 aromatic heterocycles. The Kier molecular flexibility index (Phi) is 4.80. The monoisotopic (exact) mass is 351 g/mol. The van der Waals surface area contributed by atoms with Crippen molar-refractivity contribution in [2.45, 2.75) is 6.42 Å². The summed E-state index contributed by atoms with van der Waals surface area (Å²) in [5, 5.41) is 11.2. The lowest BCUT2D eigenvalue weighted by molar-refractivity contribution is -0.385. The summed E-state index contributed by atoms with van der Waals surface area (Å²) in [6.45, 7) is 0. The SMILES string of the molecule is COc1cc(Cc2ccc(Br)cc2)c(OC)c([N+](=O)[O-])c1. The zero-order valence-electron chi connectivity index (χ0n) is 11.6. The predicted molar refractivity (Wildman–Crippen MR) is 83.1 cm³/mol. The number of benzene rings is 2. The number of nitro groups is 1. The summed E-state index contributed by atoms with van der Waals surface area (Å²) in [6, 6.07) is 10.9. The van der Waals surface area contributed by atoms with Crippen LogP contribution in [0.2, 0.25) is 0 Å². The summed E-state index contributed by atoms with van der Waals surface area (Å²) in [6.07, 6.45) is 0.522. The lowest BCUT2D eigenvalue weighted by atomic mass is 10.0. The van der Waals surface area contributed by atoms with Gasteiger partial charge in [-0.2, -0.15) is 0 Å². The van der Waals surface area contributed by atoms with Gasteiger partial charge in [-0.3, -0.25) is 10.1 Å². The lowest BCUT2D eigenvalue weighted by Gasteiger charge is -2.11. The van der Waals surface area contributed by atoms with Crippen molar-refractivity contribution in [3.8, 4) is 11.5 Å². The summed E-state index contributed by atoms with van der Waals surface area (Å²) in [5.41, 5.74) is 1.65. The highest BCUT2D eigenvalue weighted by Gasteiger charge is 2.21. The Morgan fingerprint density at radius 2 is 1.81 bits per heavy atom. The van der Waals surface area contributed by atoms with E-state index in [0.29, 0.717) is 17.7 Å². The van der Waals surface area contributed by atoms with Crippen LogP contribution < -0.4 is 9.47 Å². The summed E-state index contributed by atoms with van der Waals surface area (Å²) in [5.74, 6) is 0.707. The molecule has 2 aromatic rings. The molecule has 0 heterocycles. The van der Waals surface area contributed by atoms with Gasteiger partial charge in [0.05, 0.1) is 25.2 Å². The van der Waals surface area contributed by atoms with Crippen molar-refractivity contribution < 1.29 is 14.4 Å². The Hall–Kier alpha value is -2.08. The maximum absolute atomic E-state index is 11.2. The van der Waals surface area contributed by atoms with Crippen LogP contribution in [0, 0.1) is 10.1 Å². The minimum absolute atomic E-state index is 0.0936. The Morgan fingerprint density at radius 3 is 2.33 bits per heavy atom. The number of hydrogen-bond donors (Lipinski definition) is 0. The first-order valence-electron chi connectivity index (χ1n) is 6.19. The van der Waals surface area contributed by atoms with Crippen LogP contribution in [0.4, 0.5) is 5.69 Å². The fourth-order valence-electron chi connectivity index (χ4n) is 2.09. The molecule has 0 spiro atoms. The second kappa shape index (κ2) is 6.58. The second-order valence-corrected chi connectivity index (χ2v) is 5.31. The molecule has 5 nitrogen and oxygen atoms in total. The molecule has 0 atom stereocenters. The maximum atomic E-state index is 11.2. The average molecular weight is 352 g/mol. The number of rotatable bonds is 5. The van der Waals surface area contributed by atoms with Crippen LogP contribution in [0.3, 0.4) is 0 Å². The quantitative estimate of drug-likeness (QED) is 0.604. The van der Waals surface area contributed by atoms with Crippen LogP contribution >= 0.6 is 15.9 Å². The van der Waals surface area contributed by atoms with E-state index in [-0.39, 0.29) is 11.4 Å². The minimum atomic E-state index is -0.466. The zero-order valence-corrected chi connectivity index (χ0v) is 13.2. The molecule has 0 bridgehead atoms. The third-order valence-electron chi connectivity index (χ3n) is 3.06. The summed E-state index contributed by atoms with van der Waals surface area (Å²) < 4.78 is 11.3. The molecule has 0 saturated carbocycles. The Labute approximate surface area is 130 Å². The molecular formula is C15H14BrNO4. The highest BCUT2D eigenvalue weighted by Crippen LogP contribution is 2.36. The molecule has 0 amide bonds. The van der Waals surface area contributed by atoms with E-state index >= 15 is 0 Å². The molecule has 0 aliphatic carbocycles. The Bertz CT molecular complexity index is 655. The highest BCUT2D eigenvalue weighted by atomic mass is 79.9. The predicted octanol–water partition coefficient (Wildman–Crippen LogP) is 3.97. The van der Waals surface area contributed by atoms with Gasteiger partial charge in [0.1, 0.15) is 5.75 Å². The third-order valence-corrected chi connectivity index (χ3v) is 3.59. The van der Waals surface area contributed by atoms with Crippen LogP contribution in [-0.4, -0.2) is 19.1 Å². The highest BCUT2D eigenvalue weighted by molar-refractivity contribution is 9.10. The largest absolute Gasteiger partial charge is 0.496 e. The molecule has 0 fully saturated rings. The fraction of sp³-hybridized carbons (Fsp3) is 0.200. The fourth-order valence-corrected chi connectivity index (χ4v) is 2.35. The molecule has 0 N–H and O–H groups in total. The van der Waals surface area contributed by atoms with Crippen LogP contribution in [-0.2, 0) is 6.42 Å². The van der Waals surface area contributed by atoms with Crippen molar-refractivity contribution in [2.75, 3.05) is 14.2 Å². The van der Waals surface area contributed by atoms with Gasteiger partial charge in [0.2, 0.25) is 5.75 Å². The lowest BCUT2D eigenvalue weighted by Crippen LogP contribution is -2.00. The normalized spacial score (nSPS) is 10.2. The van der Waals surface area contributed by atoms with Crippen molar-refractivity contribution in [3.63, 3.8) is 0 Å². The Balaban J connectivity index is 2.47. The number of ether oxygens (including phenoxy) is 2.